The maximum absolute atomic E-state index is 13.1. The Morgan fingerprint density at radius 3 is 2.47 bits per heavy atom. The van der Waals surface area contributed by atoms with Crippen LogP contribution in [0.25, 0.3) is 0 Å². The van der Waals surface area contributed by atoms with Crippen LogP contribution < -0.4 is 4.74 Å². The van der Waals surface area contributed by atoms with Crippen LogP contribution in [-0.4, -0.2) is 48.1 Å². The fourth-order valence-corrected chi connectivity index (χ4v) is 3.93. The molecule has 1 fully saturated rings. The summed E-state index contributed by atoms with van der Waals surface area (Å²) in [6, 6.07) is 15.7. The first kappa shape index (κ1) is 22.0. The van der Waals surface area contributed by atoms with Gasteiger partial charge in [0.1, 0.15) is 12.4 Å². The number of aromatic nitrogens is 1. The SMILES string of the molecule is Cc1nc(COc2ccc(C(=O)O[C@@H](C(=O)N3CCOCC3)c3ccccc3)cc2)cs1. The summed E-state index contributed by atoms with van der Waals surface area (Å²) < 4.78 is 16.7. The van der Waals surface area contributed by atoms with Gasteiger partial charge in [0.2, 0.25) is 6.10 Å². The molecule has 1 saturated heterocycles. The molecule has 2 heterocycles. The number of rotatable bonds is 7. The molecule has 1 aromatic heterocycles. The summed E-state index contributed by atoms with van der Waals surface area (Å²) in [4.78, 5) is 32.0. The summed E-state index contributed by atoms with van der Waals surface area (Å²) in [6.45, 7) is 4.21. The van der Waals surface area contributed by atoms with E-state index in [1.165, 1.54) is 0 Å². The van der Waals surface area contributed by atoms with Gasteiger partial charge in [-0.3, -0.25) is 4.79 Å². The first-order chi connectivity index (χ1) is 15.6. The molecular formula is C24H24N2O5S. The maximum atomic E-state index is 13.1. The van der Waals surface area contributed by atoms with Crippen molar-refractivity contribution in [3.8, 4) is 5.75 Å². The van der Waals surface area contributed by atoms with E-state index in [4.69, 9.17) is 14.2 Å². The molecule has 4 rings (SSSR count). The van der Waals surface area contributed by atoms with E-state index in [0.29, 0.717) is 49.8 Å². The number of thiazole rings is 1. The molecule has 1 aliphatic heterocycles. The topological polar surface area (TPSA) is 78.0 Å². The molecule has 0 aliphatic carbocycles. The van der Waals surface area contributed by atoms with Crippen LogP contribution in [0.15, 0.2) is 60.0 Å². The minimum absolute atomic E-state index is 0.244. The number of benzene rings is 2. The van der Waals surface area contributed by atoms with Gasteiger partial charge in [0, 0.05) is 24.0 Å². The van der Waals surface area contributed by atoms with Crippen molar-refractivity contribution >= 4 is 23.2 Å². The second-order valence-corrected chi connectivity index (χ2v) is 8.37. The van der Waals surface area contributed by atoms with Gasteiger partial charge in [0.25, 0.3) is 5.91 Å². The molecule has 7 nitrogen and oxygen atoms in total. The molecule has 2 aromatic carbocycles. The molecule has 3 aromatic rings. The number of carbonyl (C=O) groups excluding carboxylic acids is 2. The fourth-order valence-electron chi connectivity index (χ4n) is 3.33. The molecule has 0 bridgehead atoms. The standard InChI is InChI=1S/C24H24N2O5S/c1-17-25-20(16-32-17)15-30-21-9-7-19(8-10-21)24(28)31-22(18-5-3-2-4-6-18)23(27)26-11-13-29-14-12-26/h2-10,16,22H,11-15H2,1H3/t22-/m1/s1. The van der Waals surface area contributed by atoms with Crippen molar-refractivity contribution < 1.29 is 23.8 Å². The van der Waals surface area contributed by atoms with Gasteiger partial charge in [-0.15, -0.1) is 11.3 Å². The van der Waals surface area contributed by atoms with Crippen molar-refractivity contribution in [3.05, 3.63) is 81.8 Å². The van der Waals surface area contributed by atoms with E-state index < -0.39 is 12.1 Å². The Labute approximate surface area is 190 Å². The lowest BCUT2D eigenvalue weighted by atomic mass is 10.1. The van der Waals surface area contributed by atoms with Crippen LogP contribution in [0, 0.1) is 6.92 Å². The average molecular weight is 453 g/mol. The number of carbonyl (C=O) groups is 2. The number of morpholine rings is 1. The van der Waals surface area contributed by atoms with E-state index in [1.807, 2.05) is 30.5 Å². The summed E-state index contributed by atoms with van der Waals surface area (Å²) in [7, 11) is 0. The van der Waals surface area contributed by atoms with Gasteiger partial charge in [-0.25, -0.2) is 9.78 Å². The Morgan fingerprint density at radius 2 is 1.81 bits per heavy atom. The highest BCUT2D eigenvalue weighted by Crippen LogP contribution is 2.23. The highest BCUT2D eigenvalue weighted by Gasteiger charge is 2.30. The van der Waals surface area contributed by atoms with Crippen LogP contribution in [0.2, 0.25) is 0 Å². The molecule has 1 atom stereocenters. The summed E-state index contributed by atoms with van der Waals surface area (Å²) >= 11 is 1.57. The predicted molar refractivity (Wildman–Crippen MR) is 120 cm³/mol. The van der Waals surface area contributed by atoms with E-state index in [-0.39, 0.29) is 5.91 Å². The van der Waals surface area contributed by atoms with Crippen molar-refractivity contribution in [2.45, 2.75) is 19.6 Å². The van der Waals surface area contributed by atoms with Crippen LogP contribution in [0.1, 0.15) is 32.7 Å². The molecule has 0 spiro atoms. The fraction of sp³-hybridized carbons (Fsp3) is 0.292. The van der Waals surface area contributed by atoms with Gasteiger partial charge in [-0.2, -0.15) is 0 Å². The zero-order chi connectivity index (χ0) is 22.3. The largest absolute Gasteiger partial charge is 0.487 e. The van der Waals surface area contributed by atoms with Gasteiger partial charge in [-0.1, -0.05) is 30.3 Å². The molecule has 32 heavy (non-hydrogen) atoms. The highest BCUT2D eigenvalue weighted by molar-refractivity contribution is 7.09. The third-order valence-electron chi connectivity index (χ3n) is 5.02. The molecule has 0 saturated carbocycles. The van der Waals surface area contributed by atoms with Crippen molar-refractivity contribution in [3.63, 3.8) is 0 Å². The first-order valence-corrected chi connectivity index (χ1v) is 11.2. The summed E-state index contributed by atoms with van der Waals surface area (Å²) in [6.07, 6.45) is -1.01. The quantitative estimate of drug-likeness (QED) is 0.508. The normalized spacial score (nSPS) is 14.6. The number of hydrogen-bond donors (Lipinski definition) is 0. The zero-order valence-corrected chi connectivity index (χ0v) is 18.5. The number of nitrogens with zero attached hydrogens (tertiary/aromatic N) is 2. The van der Waals surface area contributed by atoms with E-state index in [9.17, 15) is 9.59 Å². The van der Waals surface area contributed by atoms with Crippen molar-refractivity contribution in [2.75, 3.05) is 26.3 Å². The summed E-state index contributed by atoms with van der Waals surface area (Å²) in [5, 5.41) is 2.94. The Morgan fingerprint density at radius 1 is 1.09 bits per heavy atom. The highest BCUT2D eigenvalue weighted by atomic mass is 32.1. The lowest BCUT2D eigenvalue weighted by Crippen LogP contribution is -2.44. The number of esters is 1. The molecule has 0 unspecified atom stereocenters. The minimum Gasteiger partial charge on any atom is -0.487 e. The van der Waals surface area contributed by atoms with Crippen molar-refractivity contribution in [2.24, 2.45) is 0 Å². The zero-order valence-electron chi connectivity index (χ0n) is 17.7. The third-order valence-corrected chi connectivity index (χ3v) is 5.84. The number of aryl methyl sites for hydroxylation is 1. The van der Waals surface area contributed by atoms with Crippen LogP contribution in [0.4, 0.5) is 0 Å². The molecule has 1 aliphatic rings. The Bertz CT molecular complexity index is 1050. The second kappa shape index (κ2) is 10.4. The first-order valence-electron chi connectivity index (χ1n) is 10.4. The predicted octanol–water partition coefficient (Wildman–Crippen LogP) is 3.79. The minimum atomic E-state index is -1.01. The lowest BCUT2D eigenvalue weighted by molar-refractivity contribution is -0.145. The van der Waals surface area contributed by atoms with Gasteiger partial charge < -0.3 is 19.1 Å². The third kappa shape index (κ3) is 5.52. The molecule has 166 valence electrons. The lowest BCUT2D eigenvalue weighted by Gasteiger charge is -2.30. The number of ether oxygens (including phenoxy) is 3. The Balaban J connectivity index is 1.43. The van der Waals surface area contributed by atoms with Gasteiger partial charge in [0.15, 0.2) is 0 Å². The van der Waals surface area contributed by atoms with E-state index in [1.54, 1.807) is 52.6 Å². The number of hydrogen-bond acceptors (Lipinski definition) is 7. The molecule has 1 amide bonds. The smallest absolute Gasteiger partial charge is 0.339 e. The summed E-state index contributed by atoms with van der Waals surface area (Å²) in [5.41, 5.74) is 1.84. The maximum Gasteiger partial charge on any atom is 0.339 e. The van der Waals surface area contributed by atoms with Crippen LogP contribution in [-0.2, 0) is 20.9 Å². The van der Waals surface area contributed by atoms with Gasteiger partial charge in [0.05, 0.1) is 29.5 Å². The van der Waals surface area contributed by atoms with E-state index in [0.717, 1.165) is 10.7 Å². The van der Waals surface area contributed by atoms with E-state index >= 15 is 0 Å². The van der Waals surface area contributed by atoms with Crippen LogP contribution in [0.5, 0.6) is 5.75 Å². The molecular weight excluding hydrogens is 428 g/mol. The monoisotopic (exact) mass is 452 g/mol. The van der Waals surface area contributed by atoms with Crippen molar-refractivity contribution in [1.82, 2.24) is 9.88 Å². The molecule has 0 radical (unpaired) electrons. The Hall–Kier alpha value is -3.23. The van der Waals surface area contributed by atoms with Gasteiger partial charge >= 0.3 is 5.97 Å². The van der Waals surface area contributed by atoms with E-state index in [2.05, 4.69) is 4.98 Å². The molecule has 8 heteroatoms. The molecule has 0 N–H and O–H groups in total. The van der Waals surface area contributed by atoms with Crippen molar-refractivity contribution in [1.29, 1.82) is 0 Å². The number of amides is 1. The summed E-state index contributed by atoms with van der Waals surface area (Å²) in [5.74, 6) is -0.190. The average Bonchev–Trinajstić information content (AvgIpc) is 3.27. The second-order valence-electron chi connectivity index (χ2n) is 7.30. The van der Waals surface area contributed by atoms with Crippen LogP contribution >= 0.6 is 11.3 Å². The Kier molecular flexibility index (Phi) is 7.14. The van der Waals surface area contributed by atoms with Crippen LogP contribution in [0.3, 0.4) is 0 Å². The van der Waals surface area contributed by atoms with Gasteiger partial charge in [-0.05, 0) is 31.2 Å².